The minimum atomic E-state index is 0.465. The molecule has 2 rings (SSSR count). The molecule has 3 nitrogen and oxygen atoms in total. The average molecular weight is 206 g/mol. The Bertz CT molecular complexity index is 355. The molecule has 0 saturated carbocycles. The van der Waals surface area contributed by atoms with E-state index in [-0.39, 0.29) is 0 Å². The third kappa shape index (κ3) is 1.96. The Hall–Kier alpha value is -1.12. The van der Waals surface area contributed by atoms with Gasteiger partial charge in [0, 0.05) is 18.7 Å². The number of imidazole rings is 1. The van der Waals surface area contributed by atoms with Crippen molar-refractivity contribution in [3.05, 3.63) is 17.7 Å². The van der Waals surface area contributed by atoms with E-state index >= 15 is 0 Å². The first-order chi connectivity index (χ1) is 7.22. The second kappa shape index (κ2) is 4.17. The largest absolute Gasteiger partial charge is 0.334 e. The van der Waals surface area contributed by atoms with Gasteiger partial charge in [0.25, 0.3) is 0 Å². The van der Waals surface area contributed by atoms with Crippen molar-refractivity contribution in [1.29, 1.82) is 0 Å². The first-order valence-electron chi connectivity index (χ1n) is 5.69. The lowest BCUT2D eigenvalue weighted by Gasteiger charge is -2.27. The van der Waals surface area contributed by atoms with Crippen LogP contribution in [0.4, 0.5) is 0 Å². The number of aldehydes is 1. The van der Waals surface area contributed by atoms with Gasteiger partial charge >= 0.3 is 0 Å². The zero-order valence-corrected chi connectivity index (χ0v) is 9.44. The van der Waals surface area contributed by atoms with E-state index in [4.69, 9.17) is 0 Å². The van der Waals surface area contributed by atoms with Crippen molar-refractivity contribution < 1.29 is 4.79 Å². The van der Waals surface area contributed by atoms with Crippen LogP contribution in [-0.4, -0.2) is 15.8 Å². The molecule has 0 aromatic carbocycles. The maximum atomic E-state index is 10.5. The van der Waals surface area contributed by atoms with E-state index in [0.29, 0.717) is 6.42 Å². The van der Waals surface area contributed by atoms with Gasteiger partial charge < -0.3 is 9.36 Å². The minimum Gasteiger partial charge on any atom is -0.334 e. The molecule has 1 unspecified atom stereocenters. The molecule has 0 bridgehead atoms. The van der Waals surface area contributed by atoms with E-state index in [9.17, 15) is 4.79 Å². The Morgan fingerprint density at radius 3 is 3.13 bits per heavy atom. The SMILES string of the molecule is CC(C)C1CCn2cnc(CC=O)c2C1. The number of aromatic nitrogens is 2. The van der Waals surface area contributed by atoms with E-state index in [1.54, 1.807) is 0 Å². The Morgan fingerprint density at radius 2 is 2.47 bits per heavy atom. The molecule has 1 atom stereocenters. The second-order valence-corrected chi connectivity index (χ2v) is 4.70. The molecule has 0 saturated heterocycles. The maximum absolute atomic E-state index is 10.5. The Balaban J connectivity index is 2.21. The number of fused-ring (bicyclic) bond motifs is 1. The zero-order chi connectivity index (χ0) is 10.8. The van der Waals surface area contributed by atoms with Crippen molar-refractivity contribution in [3.63, 3.8) is 0 Å². The van der Waals surface area contributed by atoms with Crippen LogP contribution in [0.3, 0.4) is 0 Å². The predicted molar refractivity (Wildman–Crippen MR) is 58.6 cm³/mol. The average Bonchev–Trinajstić information content (AvgIpc) is 2.61. The molecule has 15 heavy (non-hydrogen) atoms. The van der Waals surface area contributed by atoms with Gasteiger partial charge in [-0.2, -0.15) is 0 Å². The van der Waals surface area contributed by atoms with Crippen molar-refractivity contribution in [3.8, 4) is 0 Å². The number of hydrogen-bond donors (Lipinski definition) is 0. The fourth-order valence-corrected chi connectivity index (χ4v) is 2.35. The molecule has 0 radical (unpaired) electrons. The number of carbonyl (C=O) groups excluding carboxylic acids is 1. The van der Waals surface area contributed by atoms with Gasteiger partial charge in [-0.1, -0.05) is 13.8 Å². The molecule has 3 heteroatoms. The summed E-state index contributed by atoms with van der Waals surface area (Å²) in [4.78, 5) is 14.8. The van der Waals surface area contributed by atoms with Gasteiger partial charge in [0.05, 0.1) is 12.0 Å². The van der Waals surface area contributed by atoms with Crippen LogP contribution in [0.1, 0.15) is 31.7 Å². The Labute approximate surface area is 90.5 Å². The van der Waals surface area contributed by atoms with Crippen LogP contribution in [0, 0.1) is 11.8 Å². The predicted octanol–water partition coefficient (Wildman–Crippen LogP) is 1.84. The van der Waals surface area contributed by atoms with Gasteiger partial charge in [0.1, 0.15) is 6.29 Å². The highest BCUT2D eigenvalue weighted by molar-refractivity contribution is 5.54. The second-order valence-electron chi connectivity index (χ2n) is 4.70. The van der Waals surface area contributed by atoms with Crippen LogP contribution < -0.4 is 0 Å². The van der Waals surface area contributed by atoms with Gasteiger partial charge in [-0.05, 0) is 24.7 Å². The minimum absolute atomic E-state index is 0.465. The Morgan fingerprint density at radius 1 is 1.67 bits per heavy atom. The molecule has 1 aromatic heterocycles. The molecule has 1 aliphatic rings. The molecule has 0 aliphatic carbocycles. The molecular formula is C12H18N2O. The summed E-state index contributed by atoms with van der Waals surface area (Å²) in [5.41, 5.74) is 2.27. The molecule has 0 fully saturated rings. The molecule has 1 aliphatic heterocycles. The van der Waals surface area contributed by atoms with Gasteiger partial charge in [-0.25, -0.2) is 4.98 Å². The monoisotopic (exact) mass is 206 g/mol. The van der Waals surface area contributed by atoms with Crippen molar-refractivity contribution >= 4 is 6.29 Å². The standard InChI is InChI=1S/C12H18N2O/c1-9(2)10-3-5-14-8-13-11(4-6-15)12(14)7-10/h6,8-10H,3-5,7H2,1-2H3. The van der Waals surface area contributed by atoms with Crippen LogP contribution in [0.5, 0.6) is 0 Å². The highest BCUT2D eigenvalue weighted by atomic mass is 16.1. The summed E-state index contributed by atoms with van der Waals surface area (Å²) < 4.78 is 2.21. The highest BCUT2D eigenvalue weighted by Gasteiger charge is 2.23. The summed E-state index contributed by atoms with van der Waals surface area (Å²) in [7, 11) is 0. The molecule has 2 heterocycles. The van der Waals surface area contributed by atoms with Crippen LogP contribution in [0.2, 0.25) is 0 Å². The summed E-state index contributed by atoms with van der Waals surface area (Å²) >= 11 is 0. The van der Waals surface area contributed by atoms with Crippen LogP contribution in [0.15, 0.2) is 6.33 Å². The smallest absolute Gasteiger partial charge is 0.126 e. The van der Waals surface area contributed by atoms with Crippen molar-refractivity contribution in [2.75, 3.05) is 0 Å². The van der Waals surface area contributed by atoms with Crippen molar-refractivity contribution in [2.45, 2.75) is 39.7 Å². The summed E-state index contributed by atoms with van der Waals surface area (Å²) in [6.45, 7) is 5.61. The number of nitrogens with zero attached hydrogens (tertiary/aromatic N) is 2. The van der Waals surface area contributed by atoms with Gasteiger partial charge in [-0.15, -0.1) is 0 Å². The summed E-state index contributed by atoms with van der Waals surface area (Å²) in [5.74, 6) is 1.47. The quantitative estimate of drug-likeness (QED) is 0.707. The van der Waals surface area contributed by atoms with E-state index < -0.39 is 0 Å². The van der Waals surface area contributed by atoms with Gasteiger partial charge in [0.2, 0.25) is 0 Å². The van der Waals surface area contributed by atoms with E-state index in [1.807, 2.05) is 6.33 Å². The summed E-state index contributed by atoms with van der Waals surface area (Å²) in [5, 5.41) is 0. The third-order valence-electron chi connectivity index (χ3n) is 3.45. The van der Waals surface area contributed by atoms with E-state index in [0.717, 1.165) is 36.8 Å². The van der Waals surface area contributed by atoms with Crippen LogP contribution in [0.25, 0.3) is 0 Å². The van der Waals surface area contributed by atoms with Gasteiger partial charge in [0.15, 0.2) is 0 Å². The topological polar surface area (TPSA) is 34.9 Å². The maximum Gasteiger partial charge on any atom is 0.126 e. The fraction of sp³-hybridized carbons (Fsp3) is 0.667. The number of hydrogen-bond acceptors (Lipinski definition) is 2. The number of carbonyl (C=O) groups is 1. The first kappa shape index (κ1) is 10.4. The van der Waals surface area contributed by atoms with Crippen LogP contribution in [-0.2, 0) is 24.2 Å². The highest BCUT2D eigenvalue weighted by Crippen LogP contribution is 2.27. The lowest BCUT2D eigenvalue weighted by molar-refractivity contribution is -0.107. The normalized spacial score (nSPS) is 20.3. The lowest BCUT2D eigenvalue weighted by atomic mass is 9.85. The number of aryl methyl sites for hydroxylation is 1. The fourth-order valence-electron chi connectivity index (χ4n) is 2.35. The molecule has 0 N–H and O–H groups in total. The van der Waals surface area contributed by atoms with Crippen LogP contribution >= 0.6 is 0 Å². The number of rotatable bonds is 3. The Kier molecular flexibility index (Phi) is 2.89. The van der Waals surface area contributed by atoms with Crippen molar-refractivity contribution in [1.82, 2.24) is 9.55 Å². The summed E-state index contributed by atoms with van der Waals surface area (Å²) in [6.07, 6.45) is 5.61. The zero-order valence-electron chi connectivity index (χ0n) is 9.44. The molecule has 0 amide bonds. The van der Waals surface area contributed by atoms with Gasteiger partial charge in [-0.3, -0.25) is 0 Å². The van der Waals surface area contributed by atoms with Crippen molar-refractivity contribution in [2.24, 2.45) is 11.8 Å². The molecule has 82 valence electrons. The molecule has 0 spiro atoms. The molecular weight excluding hydrogens is 188 g/mol. The lowest BCUT2D eigenvalue weighted by Crippen LogP contribution is -2.23. The van der Waals surface area contributed by atoms with E-state index in [1.165, 1.54) is 12.1 Å². The first-order valence-corrected chi connectivity index (χ1v) is 5.69. The molecule has 1 aromatic rings. The van der Waals surface area contributed by atoms with E-state index in [2.05, 4.69) is 23.4 Å². The summed E-state index contributed by atoms with van der Waals surface area (Å²) in [6, 6.07) is 0. The third-order valence-corrected chi connectivity index (χ3v) is 3.45.